The van der Waals surface area contributed by atoms with E-state index in [1.807, 2.05) is 71.2 Å². The molecule has 0 atom stereocenters. The van der Waals surface area contributed by atoms with Gasteiger partial charge < -0.3 is 9.47 Å². The lowest BCUT2D eigenvalue weighted by atomic mass is 9.91. The molecular weight excluding hydrogens is 885 g/mol. The van der Waals surface area contributed by atoms with E-state index in [1.54, 1.807) is 23.5 Å². The highest BCUT2D eigenvalue weighted by Crippen LogP contribution is 2.48. The lowest BCUT2D eigenvalue weighted by Gasteiger charge is -2.15. The average Bonchev–Trinajstić information content (AvgIpc) is 4.08. The highest BCUT2D eigenvalue weighted by molar-refractivity contribution is 7.26. The number of carbonyl (C=O) groups excluding carboxylic acids is 2. The third-order valence-corrected chi connectivity index (χ3v) is 16.5. The fourth-order valence-corrected chi connectivity index (χ4v) is 13.1. The maximum Gasteiger partial charge on any atom is 0.338 e. The van der Waals surface area contributed by atoms with Crippen molar-refractivity contribution >= 4 is 130 Å². The number of hydrogen-bond donors (Lipinski definition) is 0. The standard InChI is InChI=1S/C58H34N2O4S3/c1-63-57(61)41-15-5-3-11-35(41)31-19-23-39-43(27-31)44-28-32(36-12-4-6-16-42(36)58(62)64-2)20-24-40(44)52-51(39)59-53-54(60-52)56(34-22-26-50-46(30-34)38-14-8-10-18-48(38)66-50)67-55(53)33-21-25-49-45(29-33)37-13-7-9-17-47(37)65-49/h3-30H,1-2H3. The molecule has 67 heavy (non-hydrogen) atoms. The molecule has 0 fully saturated rings. The van der Waals surface area contributed by atoms with Crippen molar-refractivity contribution < 1.29 is 19.1 Å². The van der Waals surface area contributed by atoms with Crippen molar-refractivity contribution in [3.05, 3.63) is 181 Å². The maximum absolute atomic E-state index is 13.1. The first-order valence-electron chi connectivity index (χ1n) is 21.8. The number of aromatic nitrogens is 2. The Hall–Kier alpha value is -7.82. The average molecular weight is 919 g/mol. The summed E-state index contributed by atoms with van der Waals surface area (Å²) in [6, 6.07) is 58.4. The van der Waals surface area contributed by atoms with Crippen LogP contribution in [0.5, 0.6) is 0 Å². The van der Waals surface area contributed by atoms with E-state index in [0.717, 1.165) is 86.7 Å². The summed E-state index contributed by atoms with van der Waals surface area (Å²) in [5.41, 5.74) is 9.59. The first-order valence-corrected chi connectivity index (χ1v) is 24.2. The van der Waals surface area contributed by atoms with Crippen LogP contribution < -0.4 is 0 Å². The van der Waals surface area contributed by atoms with Crippen LogP contribution in [0.15, 0.2) is 170 Å². The summed E-state index contributed by atoms with van der Waals surface area (Å²) in [6.45, 7) is 0. The van der Waals surface area contributed by atoms with Gasteiger partial charge in [-0.1, -0.05) is 109 Å². The van der Waals surface area contributed by atoms with Crippen LogP contribution in [0.25, 0.3) is 127 Å². The second-order valence-corrected chi connectivity index (χ2v) is 19.8. The Morgan fingerprint density at radius 3 is 1.21 bits per heavy atom. The summed E-state index contributed by atoms with van der Waals surface area (Å²) in [5.74, 6) is -0.815. The predicted molar refractivity (Wildman–Crippen MR) is 280 cm³/mol. The molecule has 6 nitrogen and oxygen atoms in total. The van der Waals surface area contributed by atoms with Crippen molar-refractivity contribution in [1.82, 2.24) is 9.97 Å². The molecule has 0 saturated carbocycles. The monoisotopic (exact) mass is 918 g/mol. The second-order valence-electron chi connectivity index (χ2n) is 16.6. The van der Waals surface area contributed by atoms with Crippen molar-refractivity contribution in [3.8, 4) is 43.1 Å². The number of ether oxygens (including phenoxy) is 2. The molecule has 0 N–H and O–H groups in total. The van der Waals surface area contributed by atoms with Gasteiger partial charge in [0.1, 0.15) is 11.0 Å². The molecule has 0 spiro atoms. The van der Waals surface area contributed by atoms with E-state index in [0.29, 0.717) is 11.1 Å². The van der Waals surface area contributed by atoms with Gasteiger partial charge in [0.25, 0.3) is 0 Å². The van der Waals surface area contributed by atoms with Gasteiger partial charge in [-0.05, 0) is 105 Å². The van der Waals surface area contributed by atoms with E-state index in [1.165, 1.54) is 54.6 Å². The number of carbonyl (C=O) groups is 2. The molecular formula is C58H34N2O4S3. The summed E-state index contributed by atoms with van der Waals surface area (Å²) < 4.78 is 15.5. The summed E-state index contributed by atoms with van der Waals surface area (Å²) in [4.78, 5) is 39.8. The SMILES string of the molecule is COC(=O)c1ccccc1-c1ccc2c(c1)c1cc(-c3ccccc3C(=O)OC)ccc1c1nc3c(-c4ccc5sc6ccccc6c5c4)sc(-c4ccc5sc6ccccc6c5c4)c3nc21. The Bertz CT molecular complexity index is 3990. The van der Waals surface area contributed by atoms with E-state index in [-0.39, 0.29) is 0 Å². The fraction of sp³-hybridized carbons (Fsp3) is 0.0345. The second kappa shape index (κ2) is 15.4. The molecule has 0 aliphatic rings. The van der Waals surface area contributed by atoms with Crippen molar-refractivity contribution in [2.75, 3.05) is 14.2 Å². The zero-order valence-corrected chi connectivity index (χ0v) is 38.4. The molecule has 9 heteroatoms. The zero-order valence-electron chi connectivity index (χ0n) is 35.9. The third kappa shape index (κ3) is 6.19. The number of methoxy groups -OCH3 is 2. The smallest absolute Gasteiger partial charge is 0.338 e. The Labute approximate surface area is 394 Å². The minimum absolute atomic E-state index is 0.408. The normalized spacial score (nSPS) is 11.9. The van der Waals surface area contributed by atoms with E-state index >= 15 is 0 Å². The van der Waals surface area contributed by atoms with Gasteiger partial charge in [-0.15, -0.1) is 34.0 Å². The van der Waals surface area contributed by atoms with Crippen LogP contribution in [0.4, 0.5) is 0 Å². The van der Waals surface area contributed by atoms with Crippen molar-refractivity contribution in [2.45, 2.75) is 0 Å². The summed E-state index contributed by atoms with van der Waals surface area (Å²) in [5, 5.41) is 8.63. The third-order valence-electron chi connectivity index (χ3n) is 12.9. The van der Waals surface area contributed by atoms with E-state index in [2.05, 4.69) is 109 Å². The summed E-state index contributed by atoms with van der Waals surface area (Å²) in [6.07, 6.45) is 0. The van der Waals surface area contributed by atoms with Gasteiger partial charge in [-0.2, -0.15) is 0 Å². The van der Waals surface area contributed by atoms with Crippen LogP contribution >= 0.6 is 34.0 Å². The van der Waals surface area contributed by atoms with Gasteiger partial charge in [0.15, 0.2) is 0 Å². The quantitative estimate of drug-likeness (QED) is 0.122. The minimum atomic E-state index is -0.408. The summed E-state index contributed by atoms with van der Waals surface area (Å²) in [7, 11) is 2.80. The minimum Gasteiger partial charge on any atom is -0.465 e. The number of hydrogen-bond acceptors (Lipinski definition) is 9. The van der Waals surface area contributed by atoms with Crippen LogP contribution in [0.1, 0.15) is 20.7 Å². The topological polar surface area (TPSA) is 78.4 Å². The molecule has 0 unspecified atom stereocenters. The van der Waals surface area contributed by atoms with Gasteiger partial charge in [0.05, 0.1) is 46.1 Å². The van der Waals surface area contributed by atoms with Crippen LogP contribution in [-0.2, 0) is 9.47 Å². The van der Waals surface area contributed by atoms with Gasteiger partial charge in [-0.25, -0.2) is 19.6 Å². The molecule has 4 heterocycles. The predicted octanol–water partition coefficient (Wildman–Crippen LogP) is 16.1. The van der Waals surface area contributed by atoms with Gasteiger partial charge in [0.2, 0.25) is 0 Å². The molecule has 4 aromatic heterocycles. The molecule has 0 saturated heterocycles. The molecule has 0 aliphatic heterocycles. The molecule has 0 bridgehead atoms. The largest absolute Gasteiger partial charge is 0.465 e. The Morgan fingerprint density at radius 1 is 0.358 bits per heavy atom. The van der Waals surface area contributed by atoms with Crippen LogP contribution in [-0.4, -0.2) is 36.1 Å². The van der Waals surface area contributed by atoms with Crippen LogP contribution in [0.2, 0.25) is 0 Å². The molecule has 0 amide bonds. The lowest BCUT2D eigenvalue weighted by Crippen LogP contribution is -2.03. The van der Waals surface area contributed by atoms with Crippen molar-refractivity contribution in [1.29, 1.82) is 0 Å². The maximum atomic E-state index is 13.1. The molecule has 13 rings (SSSR count). The molecule has 0 aliphatic carbocycles. The molecule has 9 aromatic carbocycles. The number of fused-ring (bicyclic) bond motifs is 13. The number of thiophene rings is 3. The Morgan fingerprint density at radius 2 is 0.746 bits per heavy atom. The van der Waals surface area contributed by atoms with Crippen molar-refractivity contribution in [3.63, 3.8) is 0 Å². The van der Waals surface area contributed by atoms with Gasteiger partial charge in [0, 0.05) is 51.1 Å². The highest BCUT2D eigenvalue weighted by atomic mass is 32.1. The number of nitrogens with zero attached hydrogens (tertiary/aromatic N) is 2. The van der Waals surface area contributed by atoms with E-state index in [9.17, 15) is 9.59 Å². The van der Waals surface area contributed by atoms with Crippen LogP contribution in [0, 0.1) is 0 Å². The lowest BCUT2D eigenvalue weighted by molar-refractivity contribution is 0.0592. The number of rotatable bonds is 6. The van der Waals surface area contributed by atoms with Crippen molar-refractivity contribution in [2.24, 2.45) is 0 Å². The summed E-state index contributed by atoms with van der Waals surface area (Å²) >= 11 is 5.36. The highest BCUT2D eigenvalue weighted by Gasteiger charge is 2.24. The first-order chi connectivity index (χ1) is 32.9. The fourth-order valence-electron chi connectivity index (χ4n) is 9.78. The first kappa shape index (κ1) is 39.5. The molecule has 0 radical (unpaired) electrons. The van der Waals surface area contributed by atoms with E-state index in [4.69, 9.17) is 19.4 Å². The molecule has 13 aromatic rings. The van der Waals surface area contributed by atoms with Crippen LogP contribution in [0.3, 0.4) is 0 Å². The van der Waals surface area contributed by atoms with Gasteiger partial charge in [-0.3, -0.25) is 0 Å². The van der Waals surface area contributed by atoms with E-state index < -0.39 is 11.9 Å². The number of benzene rings is 9. The zero-order chi connectivity index (χ0) is 44.9. The van der Waals surface area contributed by atoms with Gasteiger partial charge >= 0.3 is 11.9 Å². The molecule has 318 valence electrons. The Balaban J connectivity index is 1.13. The number of esters is 2. The Kier molecular flexibility index (Phi) is 9.08.